The minimum absolute atomic E-state index is 0.105. The number of nitrogens with one attached hydrogen (secondary N) is 1. The summed E-state index contributed by atoms with van der Waals surface area (Å²) in [5.41, 5.74) is 7.16. The molecule has 0 fully saturated rings. The number of fused-ring (bicyclic) bond motifs is 1. The van der Waals surface area contributed by atoms with Crippen molar-refractivity contribution >= 4 is 33.0 Å². The average Bonchev–Trinajstić information content (AvgIpc) is 3.01. The second kappa shape index (κ2) is 4.23. The number of aromatic nitrogens is 2. The molecule has 0 saturated heterocycles. The monoisotopic (exact) mass is 268 g/mol. The van der Waals surface area contributed by atoms with E-state index in [1.165, 1.54) is 0 Å². The van der Waals surface area contributed by atoms with Crippen molar-refractivity contribution in [2.75, 3.05) is 5.73 Å². The molecule has 19 heavy (non-hydrogen) atoms. The fourth-order valence-electron chi connectivity index (χ4n) is 1.88. The molecule has 0 atom stereocenters. The van der Waals surface area contributed by atoms with Gasteiger partial charge in [-0.05, 0) is 6.07 Å². The zero-order chi connectivity index (χ0) is 13.4. The Balaban J connectivity index is 2.11. The molecule has 92 valence electrons. The summed E-state index contributed by atoms with van der Waals surface area (Å²) in [6.07, 6.45) is 1.65. The van der Waals surface area contributed by atoms with Gasteiger partial charge in [-0.15, -0.1) is 0 Å². The van der Waals surface area contributed by atoms with Crippen molar-refractivity contribution in [3.8, 4) is 6.07 Å². The first kappa shape index (κ1) is 11.4. The largest absolute Gasteiger partial charge is 0.388 e. The molecule has 0 unspecified atom stereocenters. The molecule has 3 N–H and O–H groups in total. The van der Waals surface area contributed by atoms with Gasteiger partial charge in [0.25, 0.3) is 0 Å². The molecule has 0 aliphatic heterocycles. The lowest BCUT2D eigenvalue weighted by Gasteiger charge is -1.94. The number of rotatable bonds is 2. The van der Waals surface area contributed by atoms with E-state index in [9.17, 15) is 4.79 Å². The first-order chi connectivity index (χ1) is 9.20. The number of nitrogens with two attached hydrogens (primary N) is 1. The van der Waals surface area contributed by atoms with E-state index in [0.29, 0.717) is 5.56 Å². The molecule has 0 bridgehead atoms. The Morgan fingerprint density at radius 3 is 2.95 bits per heavy atom. The van der Waals surface area contributed by atoms with E-state index < -0.39 is 0 Å². The van der Waals surface area contributed by atoms with Crippen LogP contribution < -0.4 is 5.73 Å². The van der Waals surface area contributed by atoms with Crippen LogP contribution in [0.1, 0.15) is 21.1 Å². The molecule has 0 aliphatic carbocycles. The maximum Gasteiger partial charge on any atom is 0.223 e. The molecule has 2 aromatic heterocycles. The number of thiazole rings is 1. The van der Waals surface area contributed by atoms with Gasteiger partial charge in [-0.25, -0.2) is 4.98 Å². The summed E-state index contributed by atoms with van der Waals surface area (Å²) >= 11 is 1.03. The first-order valence-corrected chi connectivity index (χ1v) is 6.29. The first-order valence-electron chi connectivity index (χ1n) is 5.48. The van der Waals surface area contributed by atoms with E-state index >= 15 is 0 Å². The summed E-state index contributed by atoms with van der Waals surface area (Å²) in [5, 5.41) is 10.1. The molecule has 0 amide bonds. The van der Waals surface area contributed by atoms with E-state index in [1.54, 1.807) is 6.20 Å². The summed E-state index contributed by atoms with van der Waals surface area (Å²) in [4.78, 5) is 19.4. The molecule has 0 radical (unpaired) electrons. The van der Waals surface area contributed by atoms with E-state index in [1.807, 2.05) is 30.3 Å². The highest BCUT2D eigenvalue weighted by molar-refractivity contribution is 7.17. The minimum Gasteiger partial charge on any atom is -0.388 e. The van der Waals surface area contributed by atoms with E-state index in [4.69, 9.17) is 11.0 Å². The second-order valence-electron chi connectivity index (χ2n) is 3.92. The Morgan fingerprint density at radius 1 is 1.42 bits per heavy atom. The Kier molecular flexibility index (Phi) is 2.54. The van der Waals surface area contributed by atoms with Gasteiger partial charge in [0.05, 0.1) is 5.56 Å². The highest BCUT2D eigenvalue weighted by atomic mass is 32.1. The summed E-state index contributed by atoms with van der Waals surface area (Å²) in [5.74, 6) is -0.226. The van der Waals surface area contributed by atoms with Gasteiger partial charge < -0.3 is 10.7 Å². The predicted octanol–water partition coefficient (Wildman–Crippen LogP) is 2.31. The van der Waals surface area contributed by atoms with Crippen LogP contribution in [0.3, 0.4) is 0 Å². The van der Waals surface area contributed by atoms with Crippen LogP contribution in [-0.2, 0) is 0 Å². The Bertz CT molecular complexity index is 825. The highest BCUT2D eigenvalue weighted by Gasteiger charge is 2.19. The third kappa shape index (κ3) is 1.77. The number of para-hydroxylation sites is 1. The van der Waals surface area contributed by atoms with E-state index in [2.05, 4.69) is 9.97 Å². The van der Waals surface area contributed by atoms with Gasteiger partial charge in [0.15, 0.2) is 10.7 Å². The number of nitriles is 1. The number of nitrogen functional groups attached to an aromatic ring is 1. The van der Waals surface area contributed by atoms with Crippen LogP contribution >= 0.6 is 11.3 Å². The molecule has 1 aromatic carbocycles. The van der Waals surface area contributed by atoms with Crippen LogP contribution in [0.25, 0.3) is 10.9 Å². The summed E-state index contributed by atoms with van der Waals surface area (Å²) in [7, 11) is 0. The predicted molar refractivity (Wildman–Crippen MR) is 73.0 cm³/mol. The molecule has 5 nitrogen and oxygen atoms in total. The summed E-state index contributed by atoms with van der Waals surface area (Å²) in [6, 6.07) is 9.38. The van der Waals surface area contributed by atoms with Crippen molar-refractivity contribution in [2.45, 2.75) is 0 Å². The smallest absolute Gasteiger partial charge is 0.223 e. The zero-order valence-electron chi connectivity index (χ0n) is 9.68. The van der Waals surface area contributed by atoms with Gasteiger partial charge in [-0.2, -0.15) is 5.26 Å². The number of carbonyl (C=O) groups is 1. The van der Waals surface area contributed by atoms with Gasteiger partial charge in [0.1, 0.15) is 11.1 Å². The quantitative estimate of drug-likeness (QED) is 0.697. The topological polar surface area (TPSA) is 95.6 Å². The number of hydrogen-bond donors (Lipinski definition) is 2. The lowest BCUT2D eigenvalue weighted by molar-refractivity contribution is 0.104. The van der Waals surface area contributed by atoms with Crippen LogP contribution in [-0.4, -0.2) is 15.8 Å². The fraction of sp³-hybridized carbons (Fsp3) is 0. The number of benzene rings is 1. The lowest BCUT2D eigenvalue weighted by atomic mass is 10.1. The van der Waals surface area contributed by atoms with Gasteiger partial charge in [-0.1, -0.05) is 29.5 Å². The molecule has 6 heteroatoms. The van der Waals surface area contributed by atoms with Crippen LogP contribution in [0, 0.1) is 11.3 Å². The third-order valence-electron chi connectivity index (χ3n) is 2.79. The molecular formula is C13H8N4OS. The van der Waals surface area contributed by atoms with Crippen LogP contribution in [0.15, 0.2) is 30.5 Å². The van der Waals surface area contributed by atoms with Gasteiger partial charge in [0, 0.05) is 17.1 Å². The molecular weight excluding hydrogens is 260 g/mol. The summed E-state index contributed by atoms with van der Waals surface area (Å²) in [6.45, 7) is 0. The normalized spacial score (nSPS) is 10.5. The average molecular weight is 268 g/mol. The van der Waals surface area contributed by atoms with Crippen molar-refractivity contribution in [1.29, 1.82) is 5.26 Å². The number of anilines is 1. The standard InChI is InChI=1S/C13H8N4OS/c14-5-10-12(15)19-13(17-10)11(18)8-6-16-9-4-2-1-3-7(8)9/h1-4,6,16H,15H2. The van der Waals surface area contributed by atoms with Crippen LogP contribution in [0.2, 0.25) is 0 Å². The third-order valence-corrected chi connectivity index (χ3v) is 3.67. The highest BCUT2D eigenvalue weighted by Crippen LogP contribution is 2.26. The van der Waals surface area contributed by atoms with Gasteiger partial charge in [0.2, 0.25) is 5.78 Å². The van der Waals surface area contributed by atoms with Gasteiger partial charge >= 0.3 is 0 Å². The molecule has 0 aliphatic rings. The van der Waals surface area contributed by atoms with Crippen molar-refractivity contribution in [3.63, 3.8) is 0 Å². The van der Waals surface area contributed by atoms with E-state index in [-0.39, 0.29) is 21.5 Å². The molecule has 3 aromatic rings. The number of aromatic amines is 1. The number of ketones is 1. The van der Waals surface area contributed by atoms with Crippen LogP contribution in [0.5, 0.6) is 0 Å². The van der Waals surface area contributed by atoms with Crippen molar-refractivity contribution in [2.24, 2.45) is 0 Å². The summed E-state index contributed by atoms with van der Waals surface area (Å²) < 4.78 is 0. The molecule has 3 rings (SSSR count). The zero-order valence-corrected chi connectivity index (χ0v) is 10.5. The fourth-order valence-corrected chi connectivity index (χ4v) is 2.62. The lowest BCUT2D eigenvalue weighted by Crippen LogP contribution is -1.99. The minimum atomic E-state index is -0.226. The van der Waals surface area contributed by atoms with Crippen molar-refractivity contribution in [3.05, 3.63) is 46.7 Å². The number of hydrogen-bond acceptors (Lipinski definition) is 5. The second-order valence-corrected chi connectivity index (χ2v) is 4.95. The maximum absolute atomic E-state index is 12.4. The SMILES string of the molecule is N#Cc1nc(C(=O)c2c[nH]c3ccccc23)sc1N. The number of nitrogens with zero attached hydrogens (tertiary/aromatic N) is 2. The van der Waals surface area contributed by atoms with Crippen LogP contribution in [0.4, 0.5) is 5.00 Å². The van der Waals surface area contributed by atoms with Crippen molar-refractivity contribution in [1.82, 2.24) is 9.97 Å². The van der Waals surface area contributed by atoms with Gasteiger partial charge in [-0.3, -0.25) is 4.79 Å². The Labute approximate surface area is 112 Å². The number of carbonyl (C=O) groups excluding carboxylic acids is 1. The number of H-pyrrole nitrogens is 1. The molecule has 0 saturated carbocycles. The van der Waals surface area contributed by atoms with Crippen molar-refractivity contribution < 1.29 is 4.79 Å². The maximum atomic E-state index is 12.4. The Morgan fingerprint density at radius 2 is 2.21 bits per heavy atom. The molecule has 2 heterocycles. The Hall–Kier alpha value is -2.65. The van der Waals surface area contributed by atoms with E-state index in [0.717, 1.165) is 22.2 Å². The molecule has 0 spiro atoms.